The van der Waals surface area contributed by atoms with Crippen LogP contribution in [0.15, 0.2) is 71.8 Å². The normalized spacial score (nSPS) is 24.9. The van der Waals surface area contributed by atoms with Crippen LogP contribution in [0.4, 0.5) is 0 Å². The van der Waals surface area contributed by atoms with Crippen LogP contribution in [-0.4, -0.2) is 8.07 Å². The van der Waals surface area contributed by atoms with Gasteiger partial charge in [0.05, 0.1) is 8.07 Å². The number of allylic oxidation sites excluding steroid dienone is 4. The zero-order valence-electron chi connectivity index (χ0n) is 21.1. The molecule has 5 rings (SSSR count). The Labute approximate surface area is 222 Å². The van der Waals surface area contributed by atoms with Gasteiger partial charge in [-0.2, -0.15) is 0 Å². The summed E-state index contributed by atoms with van der Waals surface area (Å²) in [6.45, 7) is 12.7. The molecule has 2 aromatic rings. The van der Waals surface area contributed by atoms with E-state index in [-0.39, 0.29) is 14.9 Å². The van der Waals surface area contributed by atoms with Crippen LogP contribution < -0.4 is 0 Å². The second-order valence-corrected chi connectivity index (χ2v) is 18.8. The van der Waals surface area contributed by atoms with E-state index in [0.717, 1.165) is 23.3 Å². The quantitative estimate of drug-likeness (QED) is 0.247. The zero-order valence-corrected chi connectivity index (χ0v) is 26.1. The summed E-state index contributed by atoms with van der Waals surface area (Å²) < 4.78 is 0. The molecule has 0 bridgehead atoms. The number of rotatable bonds is 2. The summed E-state index contributed by atoms with van der Waals surface area (Å²) >= 11 is -0.826. The van der Waals surface area contributed by atoms with E-state index in [1.807, 2.05) is 0 Å². The Morgan fingerprint density at radius 2 is 1.27 bits per heavy atom. The third-order valence-electron chi connectivity index (χ3n) is 8.22. The van der Waals surface area contributed by atoms with Gasteiger partial charge in [0.25, 0.3) is 0 Å². The van der Waals surface area contributed by atoms with E-state index in [4.69, 9.17) is 17.0 Å². The van der Waals surface area contributed by atoms with E-state index in [1.54, 1.807) is 22.3 Å². The molecular weight excluding hydrogens is 539 g/mol. The minimum atomic E-state index is -1.65. The van der Waals surface area contributed by atoms with Crippen molar-refractivity contribution in [1.29, 1.82) is 0 Å². The molecule has 0 N–H and O–H groups in total. The van der Waals surface area contributed by atoms with Gasteiger partial charge in [-0.05, 0) is 65.8 Å². The van der Waals surface area contributed by atoms with Crippen LogP contribution in [-0.2, 0) is 20.8 Å². The Balaban J connectivity index is 0.000000733. The fourth-order valence-corrected chi connectivity index (χ4v) is 12.7. The Morgan fingerprint density at radius 3 is 1.79 bits per heavy atom. The van der Waals surface area contributed by atoms with Gasteiger partial charge < -0.3 is 14.9 Å². The van der Waals surface area contributed by atoms with E-state index < -0.39 is 28.9 Å². The van der Waals surface area contributed by atoms with Crippen LogP contribution in [0.1, 0.15) is 43.9 Å². The van der Waals surface area contributed by atoms with Crippen LogP contribution in [0, 0.1) is 32.6 Å². The molecule has 1 saturated carbocycles. The molecular formula is C29H38Cl2SiZr. The molecule has 0 amide bonds. The minimum absolute atomic E-state index is 0. The average Bonchev–Trinajstić information content (AvgIpc) is 3.28. The summed E-state index contributed by atoms with van der Waals surface area (Å²) in [6.07, 6.45) is 6.18. The first-order valence-electron chi connectivity index (χ1n) is 11.3. The van der Waals surface area contributed by atoms with Gasteiger partial charge in [0.1, 0.15) is 0 Å². The molecule has 0 nitrogen and oxygen atoms in total. The van der Waals surface area contributed by atoms with Crippen LogP contribution in [0.3, 0.4) is 0 Å². The second kappa shape index (κ2) is 11.6. The third kappa shape index (κ3) is 4.97. The third-order valence-corrected chi connectivity index (χ3v) is 13.0. The van der Waals surface area contributed by atoms with Gasteiger partial charge in [0, 0.05) is 5.54 Å². The molecule has 3 aliphatic rings. The summed E-state index contributed by atoms with van der Waals surface area (Å²) in [5.74, 6) is 2.33. The molecule has 2 aromatic carbocycles. The van der Waals surface area contributed by atoms with Gasteiger partial charge in [-0.25, -0.2) is 0 Å². The van der Waals surface area contributed by atoms with E-state index in [2.05, 4.69) is 94.5 Å². The molecule has 0 aromatic heterocycles. The van der Waals surface area contributed by atoms with Gasteiger partial charge in [-0.3, -0.25) is 0 Å². The SMILES string of the molecule is CC1=CC=C(C)C2C1CC(C)C2[Si](C)(C)C1c2ccccc2-c2ccccc21.[CH3-].[CH3-].[Cl][Zr+2][Cl]. The Morgan fingerprint density at radius 1 is 0.818 bits per heavy atom. The van der Waals surface area contributed by atoms with E-state index >= 15 is 0 Å². The van der Waals surface area contributed by atoms with Crippen molar-refractivity contribution in [1.82, 2.24) is 0 Å². The van der Waals surface area contributed by atoms with Crippen LogP contribution in [0.25, 0.3) is 11.1 Å². The molecule has 0 aliphatic heterocycles. The molecule has 4 unspecified atom stereocenters. The summed E-state index contributed by atoms with van der Waals surface area (Å²) in [5, 5.41) is 0. The number of hydrogen-bond acceptors (Lipinski definition) is 0. The van der Waals surface area contributed by atoms with Crippen LogP contribution in [0.5, 0.6) is 0 Å². The molecule has 176 valence electrons. The van der Waals surface area contributed by atoms with E-state index in [1.165, 1.54) is 17.5 Å². The van der Waals surface area contributed by atoms with Crippen molar-refractivity contribution >= 4 is 25.1 Å². The van der Waals surface area contributed by atoms with Crippen molar-refractivity contribution in [3.05, 3.63) is 97.8 Å². The van der Waals surface area contributed by atoms with Crippen LogP contribution >= 0.6 is 17.0 Å². The number of fused-ring (bicyclic) bond motifs is 4. The first-order valence-corrected chi connectivity index (χ1v) is 20.8. The van der Waals surface area contributed by atoms with Gasteiger partial charge >= 0.3 is 37.9 Å². The monoisotopic (exact) mass is 574 g/mol. The number of hydrogen-bond donors (Lipinski definition) is 0. The molecule has 0 radical (unpaired) electrons. The predicted molar refractivity (Wildman–Crippen MR) is 148 cm³/mol. The van der Waals surface area contributed by atoms with Crippen molar-refractivity contribution in [2.45, 2.75) is 51.4 Å². The van der Waals surface area contributed by atoms with Crippen molar-refractivity contribution in [2.24, 2.45) is 17.8 Å². The molecule has 0 saturated heterocycles. The number of halogens is 2. The maximum atomic E-state index is 4.93. The van der Waals surface area contributed by atoms with Crippen molar-refractivity contribution in [3.63, 3.8) is 0 Å². The van der Waals surface area contributed by atoms with Crippen molar-refractivity contribution in [2.75, 3.05) is 0 Å². The molecule has 0 heterocycles. The summed E-state index contributed by atoms with van der Waals surface area (Å²) in [5.41, 5.74) is 10.9. The molecule has 3 aliphatic carbocycles. The Hall–Kier alpha value is -0.400. The summed E-state index contributed by atoms with van der Waals surface area (Å²) in [4.78, 5) is 0. The van der Waals surface area contributed by atoms with Gasteiger partial charge in [0.15, 0.2) is 0 Å². The fraction of sp³-hybridized carbons (Fsp3) is 0.379. The van der Waals surface area contributed by atoms with Gasteiger partial charge in [-0.15, -0.1) is 0 Å². The molecule has 4 heteroatoms. The van der Waals surface area contributed by atoms with Crippen molar-refractivity contribution in [3.8, 4) is 11.1 Å². The van der Waals surface area contributed by atoms with Gasteiger partial charge in [-0.1, -0.05) is 91.8 Å². The standard InChI is InChI=1S/C27H32Si.2CH3.2ClH.Zr/c1-17-14-15-18(2)25-24(17)16-19(3)26(25)28(4,5)27-22-12-8-6-10-20(22)21-11-7-9-13-23(21)27;;;;;/h6-15,19,24-27H,16H2,1-5H3;2*1H3;2*1H;/q;2*-1;;;+4/p-2. The average molecular weight is 577 g/mol. The Kier molecular flexibility index (Phi) is 10.1. The van der Waals surface area contributed by atoms with E-state index in [9.17, 15) is 0 Å². The summed E-state index contributed by atoms with van der Waals surface area (Å²) in [6, 6.07) is 18.5. The Bertz CT molecular complexity index is 980. The fourth-order valence-electron chi connectivity index (χ4n) is 7.21. The molecule has 0 spiro atoms. The predicted octanol–water partition coefficient (Wildman–Crippen LogP) is 9.87. The zero-order chi connectivity index (χ0) is 22.3. The second-order valence-electron chi connectivity index (χ2n) is 10.2. The van der Waals surface area contributed by atoms with E-state index in [0.29, 0.717) is 5.54 Å². The topological polar surface area (TPSA) is 0 Å². The number of benzene rings is 2. The summed E-state index contributed by atoms with van der Waals surface area (Å²) in [7, 11) is 8.22. The van der Waals surface area contributed by atoms with Crippen molar-refractivity contribution < 1.29 is 20.8 Å². The maximum absolute atomic E-state index is 4.93. The van der Waals surface area contributed by atoms with Crippen LogP contribution in [0.2, 0.25) is 18.6 Å². The van der Waals surface area contributed by atoms with Gasteiger partial charge in [0.2, 0.25) is 0 Å². The first-order chi connectivity index (χ1) is 14.8. The first kappa shape index (κ1) is 28.8. The molecule has 33 heavy (non-hydrogen) atoms. The molecule has 1 fully saturated rings. The molecule has 4 atom stereocenters.